The Kier molecular flexibility index (Phi) is 6.62. The van der Waals surface area contributed by atoms with Gasteiger partial charge in [-0.25, -0.2) is 13.4 Å². The summed E-state index contributed by atoms with van der Waals surface area (Å²) in [5, 5.41) is 0.762. The maximum atomic E-state index is 12.7. The molecule has 0 atom stereocenters. The fourth-order valence-electron chi connectivity index (χ4n) is 3.01. The summed E-state index contributed by atoms with van der Waals surface area (Å²) in [4.78, 5) is 4.60. The van der Waals surface area contributed by atoms with Crippen LogP contribution < -0.4 is 9.47 Å². The summed E-state index contributed by atoms with van der Waals surface area (Å²) in [7, 11) is -0.180. The molecule has 0 bridgehead atoms. The van der Waals surface area contributed by atoms with Crippen LogP contribution in [-0.4, -0.2) is 45.0 Å². The summed E-state index contributed by atoms with van der Waals surface area (Å²) >= 11 is 1.52. The van der Waals surface area contributed by atoms with Crippen molar-refractivity contribution in [3.05, 3.63) is 42.1 Å². The van der Waals surface area contributed by atoms with E-state index < -0.39 is 10.0 Å². The third-order valence-corrected chi connectivity index (χ3v) is 7.40. The van der Waals surface area contributed by atoms with Crippen molar-refractivity contribution in [3.8, 4) is 11.5 Å². The maximum Gasteiger partial charge on any atom is 0.244 e. The number of ether oxygens (including phenoxy) is 2. The van der Waals surface area contributed by atoms with Crippen molar-refractivity contribution in [1.82, 2.24) is 9.29 Å². The van der Waals surface area contributed by atoms with Crippen LogP contribution >= 0.6 is 11.8 Å². The van der Waals surface area contributed by atoms with Gasteiger partial charge in [-0.15, -0.1) is 11.8 Å². The lowest BCUT2D eigenvalue weighted by Gasteiger charge is -2.25. The molecular formula is C19H24N2O4S2. The Balaban J connectivity index is 1.69. The molecule has 0 saturated carbocycles. The van der Waals surface area contributed by atoms with Crippen LogP contribution in [0.5, 0.6) is 11.5 Å². The molecular weight excluding hydrogens is 384 g/mol. The number of sulfonamides is 1. The van der Waals surface area contributed by atoms with E-state index >= 15 is 0 Å². The van der Waals surface area contributed by atoms with Crippen molar-refractivity contribution < 1.29 is 17.9 Å². The fraction of sp³-hybridized carbons (Fsp3) is 0.421. The third-order valence-electron chi connectivity index (χ3n) is 4.53. The minimum atomic E-state index is -3.44. The zero-order chi connectivity index (χ0) is 19.3. The van der Waals surface area contributed by atoms with Crippen LogP contribution in [-0.2, 0) is 15.8 Å². The highest BCUT2D eigenvalue weighted by Gasteiger charge is 2.26. The largest absolute Gasteiger partial charge is 0.497 e. The first-order valence-electron chi connectivity index (χ1n) is 8.84. The summed E-state index contributed by atoms with van der Waals surface area (Å²) in [5.41, 5.74) is 0.994. The van der Waals surface area contributed by atoms with Gasteiger partial charge in [0, 0.05) is 30.6 Å². The number of methoxy groups -OCH3 is 2. The molecule has 0 radical (unpaired) electrons. The van der Waals surface area contributed by atoms with E-state index in [-0.39, 0.29) is 4.90 Å². The van der Waals surface area contributed by atoms with Crippen molar-refractivity contribution in [3.63, 3.8) is 0 Å². The molecule has 2 heterocycles. The fourth-order valence-corrected chi connectivity index (χ4v) is 5.29. The molecule has 146 valence electrons. The number of nitrogens with zero attached hydrogens (tertiary/aromatic N) is 2. The van der Waals surface area contributed by atoms with Crippen LogP contribution in [0.15, 0.2) is 46.5 Å². The normalized spacial score (nSPS) is 15.5. The van der Waals surface area contributed by atoms with Crippen LogP contribution in [0.1, 0.15) is 24.8 Å². The SMILES string of the molecule is COc1ccc(OC)c(CSc2ccc(S(=O)(=O)N3CCCCC3)cn2)c1. The van der Waals surface area contributed by atoms with Gasteiger partial charge in [-0.3, -0.25) is 0 Å². The Bertz CT molecular complexity index is 864. The van der Waals surface area contributed by atoms with E-state index in [4.69, 9.17) is 9.47 Å². The zero-order valence-corrected chi connectivity index (χ0v) is 17.2. The number of aromatic nitrogens is 1. The van der Waals surface area contributed by atoms with Crippen molar-refractivity contribution in [1.29, 1.82) is 0 Å². The van der Waals surface area contributed by atoms with Crippen molar-refractivity contribution in [2.75, 3.05) is 27.3 Å². The van der Waals surface area contributed by atoms with Gasteiger partial charge >= 0.3 is 0 Å². The topological polar surface area (TPSA) is 68.7 Å². The summed E-state index contributed by atoms with van der Waals surface area (Å²) in [5.74, 6) is 2.20. The Morgan fingerprint density at radius 3 is 2.48 bits per heavy atom. The molecule has 0 unspecified atom stereocenters. The number of benzene rings is 1. The number of thioether (sulfide) groups is 1. The maximum absolute atomic E-state index is 12.7. The quantitative estimate of drug-likeness (QED) is 0.653. The van der Waals surface area contributed by atoms with Crippen LogP contribution in [0.3, 0.4) is 0 Å². The van der Waals surface area contributed by atoms with E-state index in [2.05, 4.69) is 4.98 Å². The molecule has 8 heteroatoms. The highest BCUT2D eigenvalue weighted by Crippen LogP contribution is 2.30. The van der Waals surface area contributed by atoms with E-state index in [1.165, 1.54) is 18.0 Å². The van der Waals surface area contributed by atoms with Gasteiger partial charge in [-0.1, -0.05) is 6.42 Å². The van der Waals surface area contributed by atoms with E-state index in [0.717, 1.165) is 41.4 Å². The Morgan fingerprint density at radius 1 is 1.07 bits per heavy atom. The average molecular weight is 409 g/mol. The average Bonchev–Trinajstić information content (AvgIpc) is 2.73. The predicted molar refractivity (Wildman–Crippen MR) is 106 cm³/mol. The van der Waals surface area contributed by atoms with Gasteiger partial charge in [0.25, 0.3) is 0 Å². The van der Waals surface area contributed by atoms with Gasteiger partial charge in [-0.2, -0.15) is 4.31 Å². The number of hydrogen-bond donors (Lipinski definition) is 0. The zero-order valence-electron chi connectivity index (χ0n) is 15.6. The highest BCUT2D eigenvalue weighted by atomic mass is 32.2. The lowest BCUT2D eigenvalue weighted by molar-refractivity contribution is 0.346. The monoisotopic (exact) mass is 408 g/mol. The third kappa shape index (κ3) is 4.75. The van der Waals surface area contributed by atoms with E-state index in [0.29, 0.717) is 18.8 Å². The first kappa shape index (κ1) is 20.0. The second-order valence-electron chi connectivity index (χ2n) is 6.26. The summed E-state index contributed by atoms with van der Waals surface area (Å²) in [6, 6.07) is 9.05. The molecule has 2 aromatic rings. The van der Waals surface area contributed by atoms with Crippen LogP contribution in [0.2, 0.25) is 0 Å². The van der Waals surface area contributed by atoms with E-state index in [1.54, 1.807) is 30.7 Å². The number of piperidine rings is 1. The van der Waals surface area contributed by atoms with Crippen LogP contribution in [0.4, 0.5) is 0 Å². The Labute approximate surface area is 164 Å². The lowest BCUT2D eigenvalue weighted by Crippen LogP contribution is -2.35. The van der Waals surface area contributed by atoms with Crippen molar-refractivity contribution in [2.45, 2.75) is 34.9 Å². The van der Waals surface area contributed by atoms with E-state index in [9.17, 15) is 8.42 Å². The standard InChI is InChI=1S/C19H24N2O4S2/c1-24-16-6-8-18(25-2)15(12-16)14-26-19-9-7-17(13-20-19)27(22,23)21-10-4-3-5-11-21/h6-9,12-13H,3-5,10-11,14H2,1-2H3. The summed E-state index contributed by atoms with van der Waals surface area (Å²) in [6.07, 6.45) is 4.38. The molecule has 0 N–H and O–H groups in total. The molecule has 0 aliphatic carbocycles. The molecule has 3 rings (SSSR count). The summed E-state index contributed by atoms with van der Waals surface area (Å²) < 4.78 is 37.6. The molecule has 1 aromatic carbocycles. The van der Waals surface area contributed by atoms with Gasteiger partial charge in [-0.05, 0) is 43.2 Å². The smallest absolute Gasteiger partial charge is 0.244 e. The number of pyridine rings is 1. The minimum Gasteiger partial charge on any atom is -0.497 e. The van der Waals surface area contributed by atoms with Gasteiger partial charge < -0.3 is 9.47 Å². The van der Waals surface area contributed by atoms with Gasteiger partial charge in [0.05, 0.1) is 19.2 Å². The van der Waals surface area contributed by atoms with Crippen LogP contribution in [0.25, 0.3) is 0 Å². The van der Waals surface area contributed by atoms with Crippen molar-refractivity contribution in [2.24, 2.45) is 0 Å². The van der Waals surface area contributed by atoms with Gasteiger partial charge in [0.15, 0.2) is 0 Å². The lowest BCUT2D eigenvalue weighted by atomic mass is 10.2. The second-order valence-corrected chi connectivity index (χ2v) is 9.20. The Hall–Kier alpha value is -1.77. The molecule has 1 saturated heterocycles. The van der Waals surface area contributed by atoms with Gasteiger partial charge in [0.2, 0.25) is 10.0 Å². The molecule has 1 aliphatic heterocycles. The van der Waals surface area contributed by atoms with Crippen molar-refractivity contribution >= 4 is 21.8 Å². The molecule has 1 fully saturated rings. The van der Waals surface area contributed by atoms with Gasteiger partial charge in [0.1, 0.15) is 16.4 Å². The first-order valence-corrected chi connectivity index (χ1v) is 11.3. The summed E-state index contributed by atoms with van der Waals surface area (Å²) in [6.45, 7) is 1.18. The Morgan fingerprint density at radius 2 is 1.85 bits per heavy atom. The molecule has 6 nitrogen and oxygen atoms in total. The van der Waals surface area contributed by atoms with E-state index in [1.807, 2.05) is 18.2 Å². The van der Waals surface area contributed by atoms with Crippen LogP contribution in [0, 0.1) is 0 Å². The first-order chi connectivity index (χ1) is 13.0. The molecule has 1 aromatic heterocycles. The molecule has 1 aliphatic rings. The second kappa shape index (κ2) is 8.95. The minimum absolute atomic E-state index is 0.257. The molecule has 27 heavy (non-hydrogen) atoms. The number of rotatable bonds is 7. The highest BCUT2D eigenvalue weighted by molar-refractivity contribution is 7.98. The molecule has 0 spiro atoms. The number of hydrogen-bond acceptors (Lipinski definition) is 6. The predicted octanol–water partition coefficient (Wildman–Crippen LogP) is 3.57. The molecule has 0 amide bonds.